The Labute approximate surface area is 77.8 Å². The molecule has 0 spiro atoms. The standard InChI is InChI=1S/C6H6N4S2/c1-12-6-3-4(9-10-6)7-2-8-5(3)11/h2H,1H3,(H2,7,8,9,10,11). The Kier molecular flexibility index (Phi) is 1.86. The second-order valence-corrected chi connectivity index (χ2v) is 3.37. The molecule has 12 heavy (non-hydrogen) atoms. The van der Waals surface area contributed by atoms with Gasteiger partial charge in [0.25, 0.3) is 0 Å². The number of thioether (sulfide) groups is 1. The minimum atomic E-state index is 0.585. The van der Waals surface area contributed by atoms with Crippen molar-refractivity contribution in [1.82, 2.24) is 20.2 Å². The van der Waals surface area contributed by atoms with Crippen molar-refractivity contribution >= 4 is 35.0 Å². The highest BCUT2D eigenvalue weighted by atomic mass is 32.2. The van der Waals surface area contributed by atoms with Crippen LogP contribution >= 0.6 is 24.0 Å². The number of rotatable bonds is 1. The molecule has 0 aliphatic rings. The van der Waals surface area contributed by atoms with Gasteiger partial charge < -0.3 is 4.98 Å². The third-order valence-electron chi connectivity index (χ3n) is 1.53. The maximum Gasteiger partial charge on any atom is 0.141 e. The lowest BCUT2D eigenvalue weighted by atomic mass is 10.4. The first-order chi connectivity index (χ1) is 5.83. The van der Waals surface area contributed by atoms with E-state index < -0.39 is 0 Å². The lowest BCUT2D eigenvalue weighted by Gasteiger charge is -1.89. The second kappa shape index (κ2) is 2.87. The number of nitrogens with zero attached hydrogens (tertiary/aromatic N) is 2. The summed E-state index contributed by atoms with van der Waals surface area (Å²) >= 11 is 6.61. The van der Waals surface area contributed by atoms with Crippen molar-refractivity contribution in [1.29, 1.82) is 0 Å². The Morgan fingerprint density at radius 1 is 1.58 bits per heavy atom. The molecule has 0 saturated heterocycles. The number of nitrogens with one attached hydrogen (secondary N) is 2. The highest BCUT2D eigenvalue weighted by molar-refractivity contribution is 7.98. The van der Waals surface area contributed by atoms with Crippen LogP contribution in [0.25, 0.3) is 11.0 Å². The first kappa shape index (κ1) is 7.75. The van der Waals surface area contributed by atoms with Crippen LogP contribution in [-0.2, 0) is 0 Å². The van der Waals surface area contributed by atoms with E-state index in [0.29, 0.717) is 4.64 Å². The monoisotopic (exact) mass is 198 g/mol. The Hall–Kier alpha value is -0.880. The van der Waals surface area contributed by atoms with Gasteiger partial charge in [-0.3, -0.25) is 5.10 Å². The lowest BCUT2D eigenvalue weighted by Crippen LogP contribution is -1.80. The molecule has 0 aromatic carbocycles. The molecule has 0 bridgehead atoms. The molecule has 0 radical (unpaired) electrons. The zero-order valence-corrected chi connectivity index (χ0v) is 7.92. The Morgan fingerprint density at radius 3 is 3.17 bits per heavy atom. The Balaban J connectivity index is 2.92. The van der Waals surface area contributed by atoms with Gasteiger partial charge in [0.05, 0.1) is 11.7 Å². The summed E-state index contributed by atoms with van der Waals surface area (Å²) in [6, 6.07) is 0. The zero-order chi connectivity index (χ0) is 8.55. The summed E-state index contributed by atoms with van der Waals surface area (Å²) in [5.41, 5.74) is 0.833. The highest BCUT2D eigenvalue weighted by Gasteiger charge is 2.05. The van der Waals surface area contributed by atoms with Crippen LogP contribution in [0.5, 0.6) is 0 Å². The summed E-state index contributed by atoms with van der Waals surface area (Å²) in [4.78, 5) is 6.91. The molecule has 6 heteroatoms. The quantitative estimate of drug-likeness (QED) is 0.541. The molecule has 0 atom stereocenters. The summed E-state index contributed by atoms with van der Waals surface area (Å²) in [6.07, 6.45) is 3.52. The SMILES string of the molecule is CSc1n[nH]c2[nH]cnc(=S)c12. The van der Waals surface area contributed by atoms with Crippen LogP contribution in [0.4, 0.5) is 0 Å². The minimum absolute atomic E-state index is 0.585. The van der Waals surface area contributed by atoms with Gasteiger partial charge in [0.2, 0.25) is 0 Å². The predicted molar refractivity (Wildman–Crippen MR) is 50.9 cm³/mol. The minimum Gasteiger partial charge on any atom is -0.331 e. The number of H-pyrrole nitrogens is 2. The first-order valence-corrected chi connectivity index (χ1v) is 4.92. The lowest BCUT2D eigenvalue weighted by molar-refractivity contribution is 1.02. The molecule has 2 rings (SSSR count). The topological polar surface area (TPSA) is 57.4 Å². The van der Waals surface area contributed by atoms with Gasteiger partial charge >= 0.3 is 0 Å². The molecule has 0 aliphatic carbocycles. The molecule has 62 valence electrons. The highest BCUT2D eigenvalue weighted by Crippen LogP contribution is 2.21. The molecule has 2 aromatic heterocycles. The average molecular weight is 198 g/mol. The molecule has 2 N–H and O–H groups in total. The fraction of sp³-hybridized carbons (Fsp3) is 0.167. The van der Waals surface area contributed by atoms with Gasteiger partial charge in [0.1, 0.15) is 15.3 Å². The van der Waals surface area contributed by atoms with E-state index in [9.17, 15) is 0 Å². The number of fused-ring (bicyclic) bond motifs is 1. The van der Waals surface area contributed by atoms with Crippen LogP contribution in [0.3, 0.4) is 0 Å². The van der Waals surface area contributed by atoms with Crippen molar-refractivity contribution in [2.24, 2.45) is 0 Å². The van der Waals surface area contributed by atoms with Crippen LogP contribution in [0.1, 0.15) is 0 Å². The van der Waals surface area contributed by atoms with Crippen LogP contribution in [0, 0.1) is 4.64 Å². The van der Waals surface area contributed by atoms with Crippen LogP contribution < -0.4 is 0 Å². The summed E-state index contributed by atoms with van der Waals surface area (Å²) in [7, 11) is 0. The molecular weight excluding hydrogens is 192 g/mol. The average Bonchev–Trinajstić information content (AvgIpc) is 2.49. The van der Waals surface area contributed by atoms with Crippen LogP contribution in [0.2, 0.25) is 0 Å². The van der Waals surface area contributed by atoms with E-state index in [1.807, 2.05) is 6.26 Å². The molecule has 0 fully saturated rings. The predicted octanol–water partition coefficient (Wildman–Crippen LogP) is 1.74. The third kappa shape index (κ3) is 1.03. The molecular formula is C6H6N4S2. The van der Waals surface area contributed by atoms with Gasteiger partial charge in [0.15, 0.2) is 0 Å². The Bertz CT molecular complexity index is 458. The summed E-state index contributed by atoms with van der Waals surface area (Å²) in [5.74, 6) is 0. The number of aromatic amines is 2. The van der Waals surface area contributed by atoms with Gasteiger partial charge in [0, 0.05) is 0 Å². The molecule has 2 aromatic rings. The van der Waals surface area contributed by atoms with Gasteiger partial charge in [-0.1, -0.05) is 12.2 Å². The fourth-order valence-electron chi connectivity index (χ4n) is 0.996. The third-order valence-corrected chi connectivity index (χ3v) is 2.52. The summed E-state index contributed by atoms with van der Waals surface area (Å²) in [6.45, 7) is 0. The maximum absolute atomic E-state index is 5.06. The van der Waals surface area contributed by atoms with E-state index in [2.05, 4.69) is 20.2 Å². The van der Waals surface area contributed by atoms with Crippen molar-refractivity contribution in [2.45, 2.75) is 5.03 Å². The first-order valence-electron chi connectivity index (χ1n) is 3.28. The van der Waals surface area contributed by atoms with E-state index in [0.717, 1.165) is 16.1 Å². The van der Waals surface area contributed by atoms with Crippen molar-refractivity contribution in [3.63, 3.8) is 0 Å². The molecule has 4 nitrogen and oxygen atoms in total. The summed E-state index contributed by atoms with van der Waals surface area (Å²) < 4.78 is 0.585. The van der Waals surface area contributed by atoms with Crippen molar-refractivity contribution < 1.29 is 0 Å². The molecule has 2 heterocycles. The summed E-state index contributed by atoms with van der Waals surface area (Å²) in [5, 5.41) is 8.71. The van der Waals surface area contributed by atoms with E-state index >= 15 is 0 Å². The van der Waals surface area contributed by atoms with Gasteiger partial charge in [-0.25, -0.2) is 4.98 Å². The van der Waals surface area contributed by atoms with Crippen LogP contribution in [-0.4, -0.2) is 26.4 Å². The Morgan fingerprint density at radius 2 is 2.42 bits per heavy atom. The van der Waals surface area contributed by atoms with Crippen molar-refractivity contribution in [2.75, 3.05) is 6.26 Å². The maximum atomic E-state index is 5.06. The van der Waals surface area contributed by atoms with Gasteiger partial charge in [-0.05, 0) is 6.26 Å². The molecule has 0 aliphatic heterocycles. The van der Waals surface area contributed by atoms with E-state index in [4.69, 9.17) is 12.2 Å². The second-order valence-electron chi connectivity index (χ2n) is 2.19. The van der Waals surface area contributed by atoms with E-state index in [1.165, 1.54) is 0 Å². The zero-order valence-electron chi connectivity index (χ0n) is 6.29. The van der Waals surface area contributed by atoms with E-state index in [1.54, 1.807) is 18.1 Å². The molecule has 0 unspecified atom stereocenters. The van der Waals surface area contributed by atoms with Crippen molar-refractivity contribution in [3.8, 4) is 0 Å². The molecule has 0 amide bonds. The normalized spacial score (nSPS) is 10.8. The molecule has 0 saturated carbocycles. The number of hydrogen-bond acceptors (Lipinski definition) is 4. The van der Waals surface area contributed by atoms with Crippen molar-refractivity contribution in [3.05, 3.63) is 11.0 Å². The van der Waals surface area contributed by atoms with Gasteiger partial charge in [-0.15, -0.1) is 11.8 Å². The van der Waals surface area contributed by atoms with Gasteiger partial charge in [-0.2, -0.15) is 5.10 Å². The van der Waals surface area contributed by atoms with E-state index in [-0.39, 0.29) is 0 Å². The number of hydrogen-bond donors (Lipinski definition) is 2. The largest absolute Gasteiger partial charge is 0.331 e. The van der Waals surface area contributed by atoms with Crippen LogP contribution in [0.15, 0.2) is 11.4 Å². The smallest absolute Gasteiger partial charge is 0.141 e. The fourth-order valence-corrected chi connectivity index (χ4v) is 1.85. The number of aromatic nitrogens is 4.